The summed E-state index contributed by atoms with van der Waals surface area (Å²) in [5.41, 5.74) is 1.60. The van der Waals surface area contributed by atoms with E-state index in [1.165, 1.54) is 32.1 Å². The normalized spacial score (nSPS) is 20.4. The number of hydrogen-bond donors (Lipinski definition) is 2. The van der Waals surface area contributed by atoms with Crippen molar-refractivity contribution >= 4 is 27.5 Å². The van der Waals surface area contributed by atoms with Gasteiger partial charge >= 0.3 is 0 Å². The third kappa shape index (κ3) is 5.20. The Bertz CT molecular complexity index is 863. The zero-order chi connectivity index (χ0) is 21.6. The van der Waals surface area contributed by atoms with Crippen molar-refractivity contribution in [2.75, 3.05) is 19.6 Å². The molecule has 1 heterocycles. The van der Waals surface area contributed by atoms with Crippen LogP contribution in [0.2, 0.25) is 0 Å². The fourth-order valence-electron chi connectivity index (χ4n) is 4.44. The summed E-state index contributed by atoms with van der Waals surface area (Å²) in [7, 11) is -3.78. The zero-order valence-electron chi connectivity index (χ0n) is 17.2. The Morgan fingerprint density at radius 1 is 1.20 bits per heavy atom. The molecular weight excluding hydrogens is 420 g/mol. The molecule has 30 heavy (non-hydrogen) atoms. The second-order valence-electron chi connectivity index (χ2n) is 8.23. The van der Waals surface area contributed by atoms with E-state index in [-0.39, 0.29) is 11.3 Å². The molecule has 0 atom stereocenters. The molecule has 1 aliphatic heterocycles. The average Bonchev–Trinajstić information content (AvgIpc) is 2.76. The third-order valence-electron chi connectivity index (χ3n) is 6.25. The number of carbonyl (C=O) groups is 1. The number of sulfone groups is 1. The van der Waals surface area contributed by atoms with Crippen LogP contribution >= 0.6 is 11.8 Å². The van der Waals surface area contributed by atoms with Crippen LogP contribution in [-0.4, -0.2) is 54.1 Å². The molecule has 1 saturated carbocycles. The van der Waals surface area contributed by atoms with Gasteiger partial charge in [-0.3, -0.25) is 14.9 Å². The Balaban J connectivity index is 1.80. The highest BCUT2D eigenvalue weighted by molar-refractivity contribution is 8.00. The van der Waals surface area contributed by atoms with E-state index in [9.17, 15) is 13.2 Å². The molecule has 6 nitrogen and oxygen atoms in total. The molecule has 1 aliphatic carbocycles. The van der Waals surface area contributed by atoms with Gasteiger partial charge in [0.15, 0.2) is 9.84 Å². The standard InChI is InChI=1S/C22H30N2O4S2/c1-2-14-24-15-12-22(13-16-24,17-21(25)23-26)30(27,28)20-10-8-19(9-11-20)29-18-6-4-3-5-7-18/h1,8-11,18,26H,3-7,12-17H2,(H,23,25). The summed E-state index contributed by atoms with van der Waals surface area (Å²) in [4.78, 5) is 15.3. The molecule has 0 radical (unpaired) electrons. The van der Waals surface area contributed by atoms with Crippen LogP contribution in [0.25, 0.3) is 0 Å². The maximum Gasteiger partial charge on any atom is 0.244 e. The first-order valence-corrected chi connectivity index (χ1v) is 12.9. The van der Waals surface area contributed by atoms with Crippen molar-refractivity contribution in [2.24, 2.45) is 0 Å². The summed E-state index contributed by atoms with van der Waals surface area (Å²) in [6.07, 6.45) is 11.9. The molecule has 0 bridgehead atoms. The molecule has 1 aromatic carbocycles. The molecule has 1 aromatic rings. The molecule has 0 unspecified atom stereocenters. The monoisotopic (exact) mass is 450 g/mol. The first-order chi connectivity index (χ1) is 14.4. The van der Waals surface area contributed by atoms with Crippen molar-refractivity contribution in [2.45, 2.75) is 71.2 Å². The Labute approximate surface area is 183 Å². The zero-order valence-corrected chi connectivity index (χ0v) is 18.8. The van der Waals surface area contributed by atoms with Crippen LogP contribution in [0, 0.1) is 12.3 Å². The lowest BCUT2D eigenvalue weighted by Gasteiger charge is -2.40. The van der Waals surface area contributed by atoms with Gasteiger partial charge in [-0.05, 0) is 49.9 Å². The largest absolute Gasteiger partial charge is 0.292 e. The summed E-state index contributed by atoms with van der Waals surface area (Å²) in [5, 5.41) is 9.61. The highest BCUT2D eigenvalue weighted by Crippen LogP contribution is 2.39. The maximum atomic E-state index is 13.6. The summed E-state index contributed by atoms with van der Waals surface area (Å²) < 4.78 is 26.0. The van der Waals surface area contributed by atoms with Gasteiger partial charge in [0.2, 0.25) is 5.91 Å². The Morgan fingerprint density at radius 3 is 2.40 bits per heavy atom. The molecule has 2 aliphatic rings. The number of carbonyl (C=O) groups excluding carboxylic acids is 1. The predicted octanol–water partition coefficient (Wildman–Crippen LogP) is 3.25. The number of benzene rings is 1. The number of hydroxylamine groups is 1. The van der Waals surface area contributed by atoms with Gasteiger partial charge in [-0.2, -0.15) is 0 Å². The van der Waals surface area contributed by atoms with Crippen LogP contribution in [0.5, 0.6) is 0 Å². The lowest BCUT2D eigenvalue weighted by atomic mass is 9.92. The molecule has 8 heteroatoms. The lowest BCUT2D eigenvalue weighted by molar-refractivity contribution is -0.130. The van der Waals surface area contributed by atoms with Crippen LogP contribution in [0.15, 0.2) is 34.1 Å². The fraction of sp³-hybridized carbons (Fsp3) is 0.591. The van der Waals surface area contributed by atoms with Crippen molar-refractivity contribution in [3.8, 4) is 12.3 Å². The van der Waals surface area contributed by atoms with Crippen molar-refractivity contribution in [3.05, 3.63) is 24.3 Å². The quantitative estimate of drug-likeness (QED) is 0.377. The van der Waals surface area contributed by atoms with Crippen molar-refractivity contribution in [1.29, 1.82) is 0 Å². The molecule has 0 aromatic heterocycles. The van der Waals surface area contributed by atoms with Gasteiger partial charge in [0.05, 0.1) is 16.2 Å². The summed E-state index contributed by atoms with van der Waals surface area (Å²) in [6.45, 7) is 1.45. The van der Waals surface area contributed by atoms with E-state index in [1.54, 1.807) is 17.6 Å². The van der Waals surface area contributed by atoms with Gasteiger partial charge in [0.25, 0.3) is 0 Å². The molecule has 1 amide bonds. The summed E-state index contributed by atoms with van der Waals surface area (Å²) in [5.74, 6) is 1.90. The van der Waals surface area contributed by atoms with Crippen LogP contribution in [0.1, 0.15) is 51.4 Å². The van der Waals surface area contributed by atoms with E-state index in [0.29, 0.717) is 37.7 Å². The number of amides is 1. The molecule has 0 spiro atoms. The van der Waals surface area contributed by atoms with Gasteiger partial charge in [-0.15, -0.1) is 18.2 Å². The molecule has 1 saturated heterocycles. The second-order valence-corrected chi connectivity index (χ2v) is 11.9. The van der Waals surface area contributed by atoms with Gasteiger partial charge in [0.1, 0.15) is 0 Å². The minimum atomic E-state index is -3.78. The topological polar surface area (TPSA) is 86.7 Å². The Hall–Kier alpha value is -1.53. The van der Waals surface area contributed by atoms with Gasteiger partial charge in [-0.1, -0.05) is 25.2 Å². The lowest BCUT2D eigenvalue weighted by Crippen LogP contribution is -2.51. The van der Waals surface area contributed by atoms with E-state index in [2.05, 4.69) is 5.92 Å². The van der Waals surface area contributed by atoms with Gasteiger partial charge < -0.3 is 0 Å². The second kappa shape index (κ2) is 10.2. The van der Waals surface area contributed by atoms with Crippen LogP contribution in [-0.2, 0) is 14.6 Å². The number of thioether (sulfide) groups is 1. The average molecular weight is 451 g/mol. The highest BCUT2D eigenvalue weighted by Gasteiger charge is 2.48. The van der Waals surface area contributed by atoms with Crippen molar-refractivity contribution < 1.29 is 18.4 Å². The van der Waals surface area contributed by atoms with E-state index in [1.807, 2.05) is 28.8 Å². The first kappa shape index (κ1) is 23.1. The number of piperidine rings is 1. The van der Waals surface area contributed by atoms with Crippen LogP contribution in [0.4, 0.5) is 0 Å². The Kier molecular flexibility index (Phi) is 7.86. The Morgan fingerprint density at radius 2 is 1.83 bits per heavy atom. The number of likely N-dealkylation sites (tertiary alicyclic amines) is 1. The fourth-order valence-corrected chi connectivity index (χ4v) is 7.73. The third-order valence-corrected chi connectivity index (χ3v) is 10.2. The van der Waals surface area contributed by atoms with Gasteiger partial charge in [-0.25, -0.2) is 13.9 Å². The molecule has 2 N–H and O–H groups in total. The number of nitrogens with one attached hydrogen (secondary N) is 1. The summed E-state index contributed by atoms with van der Waals surface area (Å²) >= 11 is 1.82. The van der Waals surface area contributed by atoms with Crippen molar-refractivity contribution in [1.82, 2.24) is 10.4 Å². The molecule has 164 valence electrons. The maximum absolute atomic E-state index is 13.6. The predicted molar refractivity (Wildman–Crippen MR) is 118 cm³/mol. The number of terminal acetylenes is 1. The van der Waals surface area contributed by atoms with Gasteiger partial charge in [0, 0.05) is 29.7 Å². The number of rotatable bonds is 7. The van der Waals surface area contributed by atoms with Crippen molar-refractivity contribution in [3.63, 3.8) is 0 Å². The highest BCUT2D eigenvalue weighted by atomic mass is 32.2. The smallest absolute Gasteiger partial charge is 0.244 e. The molecular formula is C22H30N2O4S2. The van der Waals surface area contributed by atoms with E-state index >= 15 is 0 Å². The minimum absolute atomic E-state index is 0.228. The van der Waals surface area contributed by atoms with E-state index in [4.69, 9.17) is 11.6 Å². The number of nitrogens with zero attached hydrogens (tertiary/aromatic N) is 1. The first-order valence-electron chi connectivity index (χ1n) is 10.5. The SMILES string of the molecule is C#CCN1CCC(CC(=O)NO)(S(=O)(=O)c2ccc(SC3CCCCC3)cc2)CC1. The van der Waals surface area contributed by atoms with Crippen LogP contribution < -0.4 is 5.48 Å². The summed E-state index contributed by atoms with van der Waals surface area (Å²) in [6, 6.07) is 7.07. The van der Waals surface area contributed by atoms with E-state index in [0.717, 1.165) is 4.90 Å². The van der Waals surface area contributed by atoms with E-state index < -0.39 is 20.5 Å². The number of hydrogen-bond acceptors (Lipinski definition) is 6. The molecule has 3 rings (SSSR count). The molecule has 2 fully saturated rings. The minimum Gasteiger partial charge on any atom is -0.292 e. The van der Waals surface area contributed by atoms with Crippen LogP contribution in [0.3, 0.4) is 0 Å².